The summed E-state index contributed by atoms with van der Waals surface area (Å²) in [6, 6.07) is 14.2. The van der Waals surface area contributed by atoms with Gasteiger partial charge in [-0.05, 0) is 24.1 Å². The van der Waals surface area contributed by atoms with Crippen LogP contribution in [0.5, 0.6) is 0 Å². The zero-order valence-electron chi connectivity index (χ0n) is 14.9. The molecular weight excluding hydrogens is 379 g/mol. The van der Waals surface area contributed by atoms with E-state index in [1.54, 1.807) is 36.4 Å². The van der Waals surface area contributed by atoms with E-state index < -0.39 is 36.8 Å². The summed E-state index contributed by atoms with van der Waals surface area (Å²) >= 11 is 4.13. The van der Waals surface area contributed by atoms with Crippen LogP contribution in [0.25, 0.3) is 0 Å². The van der Waals surface area contributed by atoms with Crippen molar-refractivity contribution in [2.24, 2.45) is 0 Å². The highest BCUT2D eigenvalue weighted by Crippen LogP contribution is 2.25. The van der Waals surface area contributed by atoms with E-state index in [2.05, 4.69) is 17.9 Å². The molecule has 3 rings (SSSR count). The molecule has 0 radical (unpaired) electrons. The van der Waals surface area contributed by atoms with E-state index >= 15 is 0 Å². The Morgan fingerprint density at radius 2 is 1.54 bits per heavy atom. The standard InChI is InChI=1S/C19H19BN2O5S/c23-17(21-16(20(26)27)10-12-6-2-1-3-7-12)15(11-28)22-18(24)13-8-4-5-9-14(13)19(22)25/h1-9,15-16,26-28H,10-11H2,(H,21,23)/t15-,16+/m1/s1. The van der Waals surface area contributed by atoms with Crippen molar-refractivity contribution in [3.05, 3.63) is 71.3 Å². The third-order valence-corrected chi connectivity index (χ3v) is 4.94. The molecule has 7 nitrogen and oxygen atoms in total. The van der Waals surface area contributed by atoms with Gasteiger partial charge in [0, 0.05) is 5.75 Å². The number of nitrogens with zero attached hydrogens (tertiary/aromatic N) is 1. The van der Waals surface area contributed by atoms with Gasteiger partial charge < -0.3 is 15.4 Å². The summed E-state index contributed by atoms with van der Waals surface area (Å²) in [5, 5.41) is 21.9. The molecule has 0 aromatic heterocycles. The quantitative estimate of drug-likeness (QED) is 0.305. The Morgan fingerprint density at radius 3 is 2.04 bits per heavy atom. The number of nitrogens with one attached hydrogen (secondary N) is 1. The Bertz CT molecular complexity index is 858. The van der Waals surface area contributed by atoms with Crippen molar-refractivity contribution >= 4 is 37.5 Å². The Kier molecular flexibility index (Phi) is 6.18. The van der Waals surface area contributed by atoms with Crippen molar-refractivity contribution < 1.29 is 24.4 Å². The molecule has 0 bridgehead atoms. The van der Waals surface area contributed by atoms with Gasteiger partial charge in [-0.1, -0.05) is 42.5 Å². The van der Waals surface area contributed by atoms with E-state index in [1.165, 1.54) is 12.1 Å². The van der Waals surface area contributed by atoms with Gasteiger partial charge in [-0.15, -0.1) is 0 Å². The van der Waals surface area contributed by atoms with E-state index in [1.807, 2.05) is 6.07 Å². The molecule has 0 fully saturated rings. The second-order valence-electron chi connectivity index (χ2n) is 6.44. The summed E-state index contributed by atoms with van der Waals surface area (Å²) in [4.78, 5) is 38.9. The number of carbonyl (C=O) groups excluding carboxylic acids is 3. The summed E-state index contributed by atoms with van der Waals surface area (Å²) in [7, 11) is -1.81. The lowest BCUT2D eigenvalue weighted by atomic mass is 9.76. The van der Waals surface area contributed by atoms with Gasteiger partial charge in [0.2, 0.25) is 5.91 Å². The third-order valence-electron chi connectivity index (χ3n) is 4.60. The van der Waals surface area contributed by atoms with Gasteiger partial charge in [0.25, 0.3) is 11.8 Å². The van der Waals surface area contributed by atoms with Crippen LogP contribution in [0.15, 0.2) is 54.6 Å². The number of carbonyl (C=O) groups is 3. The van der Waals surface area contributed by atoms with Crippen LogP contribution >= 0.6 is 12.6 Å². The second kappa shape index (κ2) is 8.60. The van der Waals surface area contributed by atoms with Gasteiger partial charge in [-0.2, -0.15) is 12.6 Å². The normalized spacial score (nSPS) is 15.2. The maximum absolute atomic E-state index is 12.8. The monoisotopic (exact) mass is 398 g/mol. The van der Waals surface area contributed by atoms with Crippen molar-refractivity contribution in [3.63, 3.8) is 0 Å². The van der Waals surface area contributed by atoms with Gasteiger partial charge in [0.05, 0.1) is 17.1 Å². The van der Waals surface area contributed by atoms with E-state index in [0.29, 0.717) is 0 Å². The molecule has 0 aliphatic carbocycles. The lowest BCUT2D eigenvalue weighted by molar-refractivity contribution is -0.124. The number of benzene rings is 2. The van der Waals surface area contributed by atoms with E-state index in [9.17, 15) is 24.4 Å². The summed E-state index contributed by atoms with van der Waals surface area (Å²) < 4.78 is 0. The van der Waals surface area contributed by atoms with Gasteiger partial charge in [-0.3, -0.25) is 19.3 Å². The van der Waals surface area contributed by atoms with Crippen LogP contribution in [0.3, 0.4) is 0 Å². The van der Waals surface area contributed by atoms with Gasteiger partial charge >= 0.3 is 7.12 Å². The summed E-state index contributed by atoms with van der Waals surface area (Å²) in [5.41, 5.74) is 1.26. The van der Waals surface area contributed by atoms with Gasteiger partial charge in [0.1, 0.15) is 6.04 Å². The molecular formula is C19H19BN2O5S. The summed E-state index contributed by atoms with van der Waals surface area (Å²) in [6.45, 7) is 0. The maximum Gasteiger partial charge on any atom is 0.475 e. The zero-order chi connectivity index (χ0) is 20.3. The lowest BCUT2D eigenvalue weighted by Gasteiger charge is -2.26. The van der Waals surface area contributed by atoms with Crippen LogP contribution in [0.4, 0.5) is 0 Å². The minimum atomic E-state index is -1.81. The molecule has 1 aliphatic rings. The fraction of sp³-hybridized carbons (Fsp3) is 0.211. The van der Waals surface area contributed by atoms with Crippen LogP contribution in [0.1, 0.15) is 26.3 Å². The Balaban J connectivity index is 1.78. The summed E-state index contributed by atoms with van der Waals surface area (Å²) in [6.07, 6.45) is 0.172. The number of hydrogen-bond acceptors (Lipinski definition) is 6. The molecule has 1 heterocycles. The van der Waals surface area contributed by atoms with Gasteiger partial charge in [0.15, 0.2) is 0 Å². The average Bonchev–Trinajstić information content (AvgIpc) is 2.94. The highest BCUT2D eigenvalue weighted by atomic mass is 32.1. The lowest BCUT2D eigenvalue weighted by Crippen LogP contribution is -2.56. The first-order valence-electron chi connectivity index (χ1n) is 8.72. The fourth-order valence-corrected chi connectivity index (χ4v) is 3.48. The van der Waals surface area contributed by atoms with E-state index in [4.69, 9.17) is 0 Å². The molecule has 2 aromatic carbocycles. The second-order valence-corrected chi connectivity index (χ2v) is 6.81. The van der Waals surface area contributed by atoms with Crippen LogP contribution in [-0.2, 0) is 11.2 Å². The van der Waals surface area contributed by atoms with Crippen LogP contribution in [-0.4, -0.2) is 57.5 Å². The minimum absolute atomic E-state index is 0.100. The van der Waals surface area contributed by atoms with Crippen molar-refractivity contribution in [1.82, 2.24) is 10.2 Å². The van der Waals surface area contributed by atoms with E-state index in [-0.39, 0.29) is 23.3 Å². The van der Waals surface area contributed by atoms with Crippen molar-refractivity contribution in [3.8, 4) is 0 Å². The number of fused-ring (bicyclic) bond motifs is 1. The molecule has 3 N–H and O–H groups in total. The number of thiol groups is 1. The predicted octanol–water partition coefficient (Wildman–Crippen LogP) is 0.320. The Hall–Kier alpha value is -2.62. The van der Waals surface area contributed by atoms with Crippen molar-refractivity contribution in [2.45, 2.75) is 18.4 Å². The number of imide groups is 1. The molecule has 0 unspecified atom stereocenters. The smallest absolute Gasteiger partial charge is 0.426 e. The molecule has 3 amide bonds. The molecule has 28 heavy (non-hydrogen) atoms. The Labute approximate surface area is 167 Å². The topological polar surface area (TPSA) is 107 Å². The fourth-order valence-electron chi connectivity index (χ4n) is 3.15. The number of amides is 3. The summed E-state index contributed by atoms with van der Waals surface area (Å²) in [5.74, 6) is -2.93. The molecule has 144 valence electrons. The molecule has 9 heteroatoms. The van der Waals surface area contributed by atoms with Gasteiger partial charge in [-0.25, -0.2) is 0 Å². The van der Waals surface area contributed by atoms with Crippen LogP contribution in [0, 0.1) is 0 Å². The first-order chi connectivity index (χ1) is 13.4. The molecule has 0 saturated carbocycles. The largest absolute Gasteiger partial charge is 0.475 e. The highest BCUT2D eigenvalue weighted by Gasteiger charge is 2.43. The number of rotatable bonds is 7. The SMILES string of the molecule is O=C(N[C@@H](Cc1ccccc1)B(O)O)[C@@H](CS)N1C(=O)c2ccccc2C1=O. The average molecular weight is 398 g/mol. The molecule has 0 spiro atoms. The number of hydrogen-bond donors (Lipinski definition) is 4. The highest BCUT2D eigenvalue weighted by molar-refractivity contribution is 7.80. The van der Waals surface area contributed by atoms with Crippen LogP contribution < -0.4 is 5.32 Å². The minimum Gasteiger partial charge on any atom is -0.426 e. The van der Waals surface area contributed by atoms with Crippen LogP contribution in [0.2, 0.25) is 0 Å². The molecule has 0 saturated heterocycles. The molecule has 2 aromatic rings. The van der Waals surface area contributed by atoms with Crippen molar-refractivity contribution in [1.29, 1.82) is 0 Å². The molecule has 1 aliphatic heterocycles. The maximum atomic E-state index is 12.8. The molecule has 2 atom stereocenters. The Morgan fingerprint density at radius 1 is 1.00 bits per heavy atom. The first kappa shape index (κ1) is 20.1. The third kappa shape index (κ3) is 3.96. The van der Waals surface area contributed by atoms with E-state index in [0.717, 1.165) is 10.5 Å². The first-order valence-corrected chi connectivity index (χ1v) is 9.35. The predicted molar refractivity (Wildman–Crippen MR) is 107 cm³/mol. The zero-order valence-corrected chi connectivity index (χ0v) is 15.8. The van der Waals surface area contributed by atoms with Crippen molar-refractivity contribution in [2.75, 3.05) is 5.75 Å².